The number of hydrogen-bond acceptors (Lipinski definition) is 3. The van der Waals surface area contributed by atoms with Crippen LogP contribution in [0.25, 0.3) is 0 Å². The second kappa shape index (κ2) is 6.82. The van der Waals surface area contributed by atoms with Crippen molar-refractivity contribution in [2.24, 2.45) is 0 Å². The molecule has 0 saturated heterocycles. The summed E-state index contributed by atoms with van der Waals surface area (Å²) in [7, 11) is 1.69. The number of aryl methyl sites for hydroxylation is 2. The van der Waals surface area contributed by atoms with Crippen LogP contribution < -0.4 is 4.74 Å². The van der Waals surface area contributed by atoms with Crippen molar-refractivity contribution in [2.45, 2.75) is 38.0 Å². The van der Waals surface area contributed by atoms with Crippen molar-refractivity contribution < 1.29 is 14.6 Å². The summed E-state index contributed by atoms with van der Waals surface area (Å²) in [4.78, 5) is 15.4. The van der Waals surface area contributed by atoms with Crippen LogP contribution in [-0.2, 0) is 12.8 Å². The third-order valence-corrected chi connectivity index (χ3v) is 4.69. The number of carboxylic acid groups (broad SMARTS) is 1. The number of hydrogen-bond donors (Lipinski definition) is 1. The molecule has 0 aliphatic heterocycles. The van der Waals surface area contributed by atoms with Crippen LogP contribution in [-0.4, -0.2) is 23.2 Å². The molecule has 1 unspecified atom stereocenters. The van der Waals surface area contributed by atoms with Crippen molar-refractivity contribution in [1.29, 1.82) is 0 Å². The number of aromatic carboxylic acids is 1. The largest absolute Gasteiger partial charge is 0.497 e. The van der Waals surface area contributed by atoms with E-state index in [1.54, 1.807) is 19.4 Å². The van der Waals surface area contributed by atoms with E-state index in [2.05, 4.69) is 17.1 Å². The average Bonchev–Trinajstić information content (AvgIpc) is 2.59. The lowest BCUT2D eigenvalue weighted by atomic mass is 9.79. The molecule has 1 aromatic heterocycles. The van der Waals surface area contributed by atoms with Crippen LogP contribution in [0.1, 0.15) is 52.2 Å². The predicted octanol–water partition coefficient (Wildman–Crippen LogP) is 3.84. The number of nitrogens with zero attached hydrogens (tertiary/aromatic N) is 1. The Balaban J connectivity index is 1.79. The third-order valence-electron chi connectivity index (χ3n) is 4.69. The molecule has 120 valence electrons. The van der Waals surface area contributed by atoms with Crippen LogP contribution in [0.4, 0.5) is 0 Å². The summed E-state index contributed by atoms with van der Waals surface area (Å²) < 4.78 is 5.35. The smallest absolute Gasteiger partial charge is 0.336 e. The van der Waals surface area contributed by atoms with Crippen LogP contribution in [0.5, 0.6) is 5.75 Å². The molecule has 3 rings (SSSR count). The van der Waals surface area contributed by atoms with E-state index in [0.717, 1.165) is 37.0 Å². The van der Waals surface area contributed by atoms with Gasteiger partial charge in [-0.1, -0.05) is 6.07 Å². The molecule has 1 heterocycles. The molecule has 0 radical (unpaired) electrons. The fourth-order valence-electron chi connectivity index (χ4n) is 3.47. The number of carboxylic acids is 1. The van der Waals surface area contributed by atoms with E-state index >= 15 is 0 Å². The summed E-state index contributed by atoms with van der Waals surface area (Å²) in [5, 5.41) is 9.28. The zero-order chi connectivity index (χ0) is 16.2. The molecule has 1 atom stereocenters. The maximum Gasteiger partial charge on any atom is 0.336 e. The van der Waals surface area contributed by atoms with Gasteiger partial charge in [0.2, 0.25) is 0 Å². The highest BCUT2D eigenvalue weighted by Gasteiger charge is 2.21. The summed E-state index contributed by atoms with van der Waals surface area (Å²) in [6.07, 6.45) is 8.32. The van der Waals surface area contributed by atoms with Crippen molar-refractivity contribution in [3.05, 3.63) is 58.9 Å². The first-order valence-electron chi connectivity index (χ1n) is 8.02. The Labute approximate surface area is 136 Å². The van der Waals surface area contributed by atoms with E-state index in [1.807, 2.05) is 6.07 Å². The van der Waals surface area contributed by atoms with Gasteiger partial charge in [0.25, 0.3) is 0 Å². The van der Waals surface area contributed by atoms with Gasteiger partial charge in [-0.2, -0.15) is 0 Å². The minimum absolute atomic E-state index is 0.363. The molecule has 0 bridgehead atoms. The fourth-order valence-corrected chi connectivity index (χ4v) is 3.47. The Bertz CT molecular complexity index is 712. The quantitative estimate of drug-likeness (QED) is 0.911. The summed E-state index contributed by atoms with van der Waals surface area (Å²) >= 11 is 0. The number of fused-ring (bicyclic) bond motifs is 1. The van der Waals surface area contributed by atoms with Crippen molar-refractivity contribution in [3.8, 4) is 5.75 Å². The number of ether oxygens (including phenoxy) is 1. The number of aromatic nitrogens is 1. The number of carbonyl (C=O) groups is 1. The van der Waals surface area contributed by atoms with Crippen molar-refractivity contribution in [3.63, 3.8) is 0 Å². The Hall–Kier alpha value is -2.36. The number of rotatable bonds is 5. The molecule has 0 fully saturated rings. The molecule has 23 heavy (non-hydrogen) atoms. The van der Waals surface area contributed by atoms with E-state index in [-0.39, 0.29) is 0 Å². The zero-order valence-electron chi connectivity index (χ0n) is 13.3. The van der Waals surface area contributed by atoms with Crippen LogP contribution in [0, 0.1) is 0 Å². The molecule has 4 nitrogen and oxygen atoms in total. The summed E-state index contributed by atoms with van der Waals surface area (Å²) in [6, 6.07) is 7.90. The molecule has 1 aromatic carbocycles. The van der Waals surface area contributed by atoms with Crippen LogP contribution in [0.3, 0.4) is 0 Å². The zero-order valence-corrected chi connectivity index (χ0v) is 13.3. The first-order chi connectivity index (χ1) is 11.2. The molecular formula is C19H21NO3. The van der Waals surface area contributed by atoms with Crippen LogP contribution in [0.2, 0.25) is 0 Å². The highest BCUT2D eigenvalue weighted by molar-refractivity contribution is 5.89. The molecule has 1 N–H and O–H groups in total. The molecule has 0 spiro atoms. The summed E-state index contributed by atoms with van der Waals surface area (Å²) in [5.74, 6) is 0.465. The summed E-state index contributed by atoms with van der Waals surface area (Å²) in [5.41, 5.74) is 3.93. The van der Waals surface area contributed by atoms with Gasteiger partial charge in [-0.25, -0.2) is 4.79 Å². The fraction of sp³-hybridized carbons (Fsp3) is 0.368. The van der Waals surface area contributed by atoms with Crippen LogP contribution >= 0.6 is 0 Å². The molecule has 0 amide bonds. The molecule has 0 saturated carbocycles. The molecule has 1 aliphatic carbocycles. The van der Waals surface area contributed by atoms with Gasteiger partial charge in [-0.15, -0.1) is 0 Å². The van der Waals surface area contributed by atoms with Gasteiger partial charge >= 0.3 is 5.97 Å². The summed E-state index contributed by atoms with van der Waals surface area (Å²) in [6.45, 7) is 0. The molecule has 1 aliphatic rings. The van der Waals surface area contributed by atoms with E-state index in [1.165, 1.54) is 23.7 Å². The van der Waals surface area contributed by atoms with E-state index in [9.17, 15) is 9.90 Å². The van der Waals surface area contributed by atoms with Gasteiger partial charge in [-0.3, -0.25) is 4.98 Å². The van der Waals surface area contributed by atoms with Gasteiger partial charge in [0.05, 0.1) is 12.7 Å². The first-order valence-corrected chi connectivity index (χ1v) is 8.02. The first kappa shape index (κ1) is 15.5. The number of methoxy groups -OCH3 is 1. The van der Waals surface area contributed by atoms with Crippen molar-refractivity contribution in [1.82, 2.24) is 4.98 Å². The minimum Gasteiger partial charge on any atom is -0.497 e. The molecule has 2 aromatic rings. The second-order valence-corrected chi connectivity index (χ2v) is 6.03. The Morgan fingerprint density at radius 3 is 3.04 bits per heavy atom. The molecule has 4 heteroatoms. The standard InChI is InChI=1S/C19H21NO3/c1-23-16-8-7-14-4-2-3-13(18(14)11-16)5-6-15-12-20-10-9-17(15)19(21)22/h7-13H,2-6H2,1H3,(H,21,22). The van der Waals surface area contributed by atoms with Crippen molar-refractivity contribution >= 4 is 5.97 Å². The second-order valence-electron chi connectivity index (χ2n) is 6.03. The van der Waals surface area contributed by atoms with Gasteiger partial charge in [-0.05, 0) is 72.9 Å². The topological polar surface area (TPSA) is 59.4 Å². The van der Waals surface area contributed by atoms with Gasteiger partial charge in [0.15, 0.2) is 0 Å². The lowest BCUT2D eigenvalue weighted by molar-refractivity contribution is 0.0695. The maximum absolute atomic E-state index is 11.3. The maximum atomic E-state index is 11.3. The number of benzene rings is 1. The minimum atomic E-state index is -0.881. The van der Waals surface area contributed by atoms with Crippen LogP contribution in [0.15, 0.2) is 36.7 Å². The predicted molar refractivity (Wildman–Crippen MR) is 88.2 cm³/mol. The van der Waals surface area contributed by atoms with Gasteiger partial charge in [0, 0.05) is 12.4 Å². The van der Waals surface area contributed by atoms with Gasteiger partial charge in [0.1, 0.15) is 5.75 Å². The van der Waals surface area contributed by atoms with E-state index < -0.39 is 5.97 Å². The normalized spacial score (nSPS) is 16.7. The monoisotopic (exact) mass is 311 g/mol. The highest BCUT2D eigenvalue weighted by atomic mass is 16.5. The third kappa shape index (κ3) is 3.36. The SMILES string of the molecule is COc1ccc2c(c1)C(CCc1cnccc1C(=O)O)CCC2. The lowest BCUT2D eigenvalue weighted by Gasteiger charge is -2.26. The Kier molecular flexibility index (Phi) is 4.60. The van der Waals surface area contributed by atoms with E-state index in [0.29, 0.717) is 11.5 Å². The Morgan fingerprint density at radius 1 is 1.39 bits per heavy atom. The number of pyridine rings is 1. The average molecular weight is 311 g/mol. The van der Waals surface area contributed by atoms with Gasteiger partial charge < -0.3 is 9.84 Å². The van der Waals surface area contributed by atoms with Crippen molar-refractivity contribution in [2.75, 3.05) is 7.11 Å². The Morgan fingerprint density at radius 2 is 2.26 bits per heavy atom. The van der Waals surface area contributed by atoms with E-state index in [4.69, 9.17) is 4.74 Å². The lowest BCUT2D eigenvalue weighted by Crippen LogP contribution is -2.12. The highest BCUT2D eigenvalue weighted by Crippen LogP contribution is 2.36. The molecular weight excluding hydrogens is 290 g/mol.